The van der Waals surface area contributed by atoms with Gasteiger partial charge in [0.25, 0.3) is 0 Å². The number of aryl methyl sites for hydroxylation is 2. The lowest BCUT2D eigenvalue weighted by atomic mass is 10.0. The molecule has 1 rings (SSSR count). The third kappa shape index (κ3) is 5.32. The summed E-state index contributed by atoms with van der Waals surface area (Å²) in [5, 5.41) is 9.39. The molecule has 0 spiro atoms. The summed E-state index contributed by atoms with van der Waals surface area (Å²) in [4.78, 5) is 11.0. The molecule has 1 atom stereocenters. The predicted octanol–water partition coefficient (Wildman–Crippen LogP) is 2.63. The summed E-state index contributed by atoms with van der Waals surface area (Å²) in [6.07, 6.45) is 3.52. The summed E-state index contributed by atoms with van der Waals surface area (Å²) in [6.45, 7) is 2.08. The van der Waals surface area contributed by atoms with E-state index in [0.717, 1.165) is 25.7 Å². The minimum absolute atomic E-state index is 0.487. The first kappa shape index (κ1) is 14.7. The number of benzene rings is 1. The van der Waals surface area contributed by atoms with Crippen LogP contribution in [0, 0.1) is 6.92 Å². The standard InChI is InChI=1S/C15H22O3/c1-12-8-10-13(11-9-12)6-4-3-5-7-14(16)15(17)18-2/h8-11,14,16H,3-7H2,1-2H3/t14-/m0/s1. The van der Waals surface area contributed by atoms with E-state index in [1.54, 1.807) is 0 Å². The molecule has 1 aromatic carbocycles. The number of carbonyl (C=O) groups is 1. The molecule has 0 aromatic heterocycles. The maximum atomic E-state index is 11.0. The molecule has 3 nitrogen and oxygen atoms in total. The molecule has 3 heteroatoms. The molecule has 0 aliphatic heterocycles. The fourth-order valence-corrected chi connectivity index (χ4v) is 1.85. The number of hydrogen-bond donors (Lipinski definition) is 1. The van der Waals surface area contributed by atoms with Gasteiger partial charge in [0.05, 0.1) is 7.11 Å². The quantitative estimate of drug-likeness (QED) is 0.597. The van der Waals surface area contributed by atoms with Crippen LogP contribution in [0.2, 0.25) is 0 Å². The lowest BCUT2D eigenvalue weighted by Crippen LogP contribution is -2.21. The zero-order chi connectivity index (χ0) is 13.4. The fourth-order valence-electron chi connectivity index (χ4n) is 1.85. The number of esters is 1. The van der Waals surface area contributed by atoms with Gasteiger partial charge in [-0.25, -0.2) is 4.79 Å². The van der Waals surface area contributed by atoms with Gasteiger partial charge in [0.1, 0.15) is 0 Å². The number of hydrogen-bond acceptors (Lipinski definition) is 3. The van der Waals surface area contributed by atoms with E-state index in [1.165, 1.54) is 18.2 Å². The lowest BCUT2D eigenvalue weighted by molar-refractivity contribution is -0.150. The van der Waals surface area contributed by atoms with Crippen molar-refractivity contribution in [2.24, 2.45) is 0 Å². The first-order valence-corrected chi connectivity index (χ1v) is 6.45. The van der Waals surface area contributed by atoms with Gasteiger partial charge in [-0.05, 0) is 31.7 Å². The highest BCUT2D eigenvalue weighted by Crippen LogP contribution is 2.10. The monoisotopic (exact) mass is 250 g/mol. The molecule has 0 heterocycles. The summed E-state index contributed by atoms with van der Waals surface area (Å²) in [7, 11) is 1.29. The summed E-state index contributed by atoms with van der Waals surface area (Å²) in [5.74, 6) is -0.534. The van der Waals surface area contributed by atoms with E-state index in [1.807, 2.05) is 0 Å². The van der Waals surface area contributed by atoms with E-state index in [4.69, 9.17) is 0 Å². The summed E-state index contributed by atoms with van der Waals surface area (Å²) in [5.41, 5.74) is 2.62. The molecular formula is C15H22O3. The predicted molar refractivity (Wildman–Crippen MR) is 71.4 cm³/mol. The van der Waals surface area contributed by atoms with Gasteiger partial charge in [0.2, 0.25) is 0 Å². The number of aliphatic hydroxyl groups excluding tert-OH is 1. The fraction of sp³-hybridized carbons (Fsp3) is 0.533. The molecule has 0 saturated carbocycles. The number of aliphatic hydroxyl groups is 1. The van der Waals surface area contributed by atoms with Gasteiger partial charge in [0, 0.05) is 0 Å². The molecule has 0 aliphatic rings. The van der Waals surface area contributed by atoms with E-state index in [2.05, 4.69) is 35.9 Å². The average molecular weight is 250 g/mol. The van der Waals surface area contributed by atoms with Crippen LogP contribution in [0.25, 0.3) is 0 Å². The van der Waals surface area contributed by atoms with Crippen LogP contribution in [0.4, 0.5) is 0 Å². The van der Waals surface area contributed by atoms with E-state index in [0.29, 0.717) is 6.42 Å². The molecular weight excluding hydrogens is 228 g/mol. The molecule has 100 valence electrons. The summed E-state index contributed by atoms with van der Waals surface area (Å²) >= 11 is 0. The van der Waals surface area contributed by atoms with Crippen LogP contribution in [0.5, 0.6) is 0 Å². The first-order chi connectivity index (χ1) is 8.63. The maximum Gasteiger partial charge on any atom is 0.334 e. The van der Waals surface area contributed by atoms with E-state index in [-0.39, 0.29) is 0 Å². The van der Waals surface area contributed by atoms with Crippen molar-refractivity contribution in [1.29, 1.82) is 0 Å². The second kappa shape index (κ2) is 7.88. The van der Waals surface area contributed by atoms with Gasteiger partial charge in [-0.2, -0.15) is 0 Å². The van der Waals surface area contributed by atoms with Crippen molar-refractivity contribution in [3.05, 3.63) is 35.4 Å². The van der Waals surface area contributed by atoms with Crippen LogP contribution in [0.1, 0.15) is 36.8 Å². The Hall–Kier alpha value is -1.35. The van der Waals surface area contributed by atoms with Gasteiger partial charge in [-0.1, -0.05) is 42.7 Å². The Morgan fingerprint density at radius 1 is 1.22 bits per heavy atom. The van der Waals surface area contributed by atoms with Gasteiger partial charge in [-0.3, -0.25) is 0 Å². The van der Waals surface area contributed by atoms with Crippen LogP contribution in [-0.4, -0.2) is 24.3 Å². The van der Waals surface area contributed by atoms with Gasteiger partial charge in [0.15, 0.2) is 6.10 Å². The number of rotatable bonds is 7. The molecule has 0 unspecified atom stereocenters. The zero-order valence-electron chi connectivity index (χ0n) is 11.2. The minimum Gasteiger partial charge on any atom is -0.467 e. The van der Waals surface area contributed by atoms with Crippen LogP contribution in [-0.2, 0) is 16.0 Å². The normalized spacial score (nSPS) is 12.2. The second-order valence-electron chi connectivity index (χ2n) is 4.62. The Labute approximate surface area is 109 Å². The molecule has 0 amide bonds. The zero-order valence-corrected chi connectivity index (χ0v) is 11.2. The molecule has 18 heavy (non-hydrogen) atoms. The van der Waals surface area contributed by atoms with Gasteiger partial charge >= 0.3 is 5.97 Å². The SMILES string of the molecule is COC(=O)[C@@H](O)CCCCCc1ccc(C)cc1. The average Bonchev–Trinajstić information content (AvgIpc) is 2.39. The van der Waals surface area contributed by atoms with E-state index < -0.39 is 12.1 Å². The summed E-state index contributed by atoms with van der Waals surface area (Å²) in [6, 6.07) is 8.55. The topological polar surface area (TPSA) is 46.5 Å². The van der Waals surface area contributed by atoms with Crippen LogP contribution in [0.15, 0.2) is 24.3 Å². The Balaban J connectivity index is 2.12. The van der Waals surface area contributed by atoms with Crippen LogP contribution in [0.3, 0.4) is 0 Å². The molecule has 1 N–H and O–H groups in total. The van der Waals surface area contributed by atoms with Crippen molar-refractivity contribution in [1.82, 2.24) is 0 Å². The lowest BCUT2D eigenvalue weighted by Gasteiger charge is -2.07. The third-order valence-electron chi connectivity index (χ3n) is 3.04. The molecule has 0 aliphatic carbocycles. The van der Waals surface area contributed by atoms with Crippen molar-refractivity contribution >= 4 is 5.97 Å². The highest BCUT2D eigenvalue weighted by molar-refractivity contribution is 5.74. The van der Waals surface area contributed by atoms with Gasteiger partial charge in [-0.15, -0.1) is 0 Å². The Kier molecular flexibility index (Phi) is 6.44. The molecule has 0 saturated heterocycles. The van der Waals surface area contributed by atoms with Crippen molar-refractivity contribution in [3.63, 3.8) is 0 Å². The van der Waals surface area contributed by atoms with Crippen LogP contribution >= 0.6 is 0 Å². The number of ether oxygens (including phenoxy) is 1. The van der Waals surface area contributed by atoms with E-state index in [9.17, 15) is 9.90 Å². The maximum absolute atomic E-state index is 11.0. The van der Waals surface area contributed by atoms with Crippen molar-refractivity contribution < 1.29 is 14.6 Å². The molecule has 0 fully saturated rings. The first-order valence-electron chi connectivity index (χ1n) is 6.45. The highest BCUT2D eigenvalue weighted by atomic mass is 16.5. The molecule has 0 radical (unpaired) electrons. The Morgan fingerprint density at radius 2 is 1.89 bits per heavy atom. The number of unbranched alkanes of at least 4 members (excludes halogenated alkanes) is 2. The summed E-state index contributed by atoms with van der Waals surface area (Å²) < 4.78 is 4.46. The Morgan fingerprint density at radius 3 is 2.50 bits per heavy atom. The van der Waals surface area contributed by atoms with Crippen molar-refractivity contribution in [2.45, 2.75) is 45.1 Å². The highest BCUT2D eigenvalue weighted by Gasteiger charge is 2.13. The molecule has 1 aromatic rings. The smallest absolute Gasteiger partial charge is 0.334 e. The van der Waals surface area contributed by atoms with Crippen LogP contribution < -0.4 is 0 Å². The number of carbonyl (C=O) groups excluding carboxylic acids is 1. The Bertz CT molecular complexity index is 357. The van der Waals surface area contributed by atoms with Crippen molar-refractivity contribution in [3.8, 4) is 0 Å². The second-order valence-corrected chi connectivity index (χ2v) is 4.62. The minimum atomic E-state index is -0.964. The molecule has 0 bridgehead atoms. The largest absolute Gasteiger partial charge is 0.467 e. The van der Waals surface area contributed by atoms with Gasteiger partial charge < -0.3 is 9.84 Å². The van der Waals surface area contributed by atoms with Crippen molar-refractivity contribution in [2.75, 3.05) is 7.11 Å². The van der Waals surface area contributed by atoms with E-state index >= 15 is 0 Å². The number of methoxy groups -OCH3 is 1. The third-order valence-corrected chi connectivity index (χ3v) is 3.04.